The molecular weight excluding hydrogens is 306 g/mol. The van der Waals surface area contributed by atoms with Gasteiger partial charge in [-0.1, -0.05) is 0 Å². The zero-order valence-electron chi connectivity index (χ0n) is 11.2. The number of aromatic nitrogens is 1. The van der Waals surface area contributed by atoms with Gasteiger partial charge < -0.3 is 10.1 Å². The van der Waals surface area contributed by atoms with Crippen molar-refractivity contribution in [3.63, 3.8) is 0 Å². The molecule has 2 atom stereocenters. The first-order valence-electron chi connectivity index (χ1n) is 6.94. The number of hydrogen-bond donors (Lipinski definition) is 1. The first-order valence-corrected chi connectivity index (χ1v) is 7.73. The standard InChI is InChI=1S/C14H20BrN3O/c1-10-5-14(17-7-13(10)15)16-6-12-8-18-4-2-3-11(18)9-19-12/h5,7,11-12H,2-4,6,8-9H2,1H3,(H,16,17). The van der Waals surface area contributed by atoms with Crippen LogP contribution in [0.5, 0.6) is 0 Å². The fourth-order valence-corrected chi connectivity index (χ4v) is 3.08. The number of fused-ring (bicyclic) bond motifs is 1. The molecule has 1 aromatic heterocycles. The lowest BCUT2D eigenvalue weighted by Crippen LogP contribution is -2.48. The highest BCUT2D eigenvalue weighted by atomic mass is 79.9. The Morgan fingerprint density at radius 3 is 3.32 bits per heavy atom. The summed E-state index contributed by atoms with van der Waals surface area (Å²) in [4.78, 5) is 6.93. The van der Waals surface area contributed by atoms with E-state index in [-0.39, 0.29) is 6.10 Å². The predicted molar refractivity (Wildman–Crippen MR) is 79.5 cm³/mol. The minimum atomic E-state index is 0.278. The maximum atomic E-state index is 5.93. The van der Waals surface area contributed by atoms with Gasteiger partial charge in [-0.3, -0.25) is 4.90 Å². The summed E-state index contributed by atoms with van der Waals surface area (Å²) in [5.41, 5.74) is 1.20. The molecular formula is C14H20BrN3O. The van der Waals surface area contributed by atoms with Gasteiger partial charge in [0.05, 0.1) is 12.7 Å². The lowest BCUT2D eigenvalue weighted by Gasteiger charge is -2.35. The van der Waals surface area contributed by atoms with E-state index in [4.69, 9.17) is 4.74 Å². The number of pyridine rings is 1. The van der Waals surface area contributed by atoms with E-state index in [1.54, 1.807) is 0 Å². The van der Waals surface area contributed by atoms with Gasteiger partial charge in [-0.2, -0.15) is 0 Å². The molecule has 1 N–H and O–H groups in total. The van der Waals surface area contributed by atoms with Crippen molar-refractivity contribution in [1.82, 2.24) is 9.88 Å². The summed E-state index contributed by atoms with van der Waals surface area (Å²) in [5, 5.41) is 3.38. The number of ether oxygens (including phenoxy) is 1. The molecule has 2 fully saturated rings. The molecule has 0 amide bonds. The van der Waals surface area contributed by atoms with Gasteiger partial charge in [-0.05, 0) is 53.9 Å². The second-order valence-corrected chi connectivity index (χ2v) is 6.30. The SMILES string of the molecule is Cc1cc(NCC2CN3CCCC3CO2)ncc1Br. The van der Waals surface area contributed by atoms with E-state index in [9.17, 15) is 0 Å². The Morgan fingerprint density at radius 1 is 1.58 bits per heavy atom. The number of anilines is 1. The van der Waals surface area contributed by atoms with Crippen LogP contribution in [-0.4, -0.2) is 48.3 Å². The summed E-state index contributed by atoms with van der Waals surface area (Å²) in [6.07, 6.45) is 4.74. The van der Waals surface area contributed by atoms with Crippen LogP contribution in [-0.2, 0) is 4.74 Å². The molecule has 2 saturated heterocycles. The number of nitrogens with one attached hydrogen (secondary N) is 1. The van der Waals surface area contributed by atoms with Crippen molar-refractivity contribution in [1.29, 1.82) is 0 Å². The normalized spacial score (nSPS) is 27.3. The van der Waals surface area contributed by atoms with Crippen LogP contribution < -0.4 is 5.32 Å². The molecule has 0 radical (unpaired) electrons. The molecule has 0 aromatic carbocycles. The van der Waals surface area contributed by atoms with E-state index in [2.05, 4.69) is 44.1 Å². The summed E-state index contributed by atoms with van der Waals surface area (Å²) >= 11 is 3.47. The highest BCUT2D eigenvalue weighted by molar-refractivity contribution is 9.10. The van der Waals surface area contributed by atoms with Gasteiger partial charge in [-0.15, -0.1) is 0 Å². The summed E-state index contributed by atoms with van der Waals surface area (Å²) in [5.74, 6) is 0.924. The first-order chi connectivity index (χ1) is 9.22. The molecule has 0 bridgehead atoms. The molecule has 2 aliphatic rings. The van der Waals surface area contributed by atoms with Crippen LogP contribution in [0.25, 0.3) is 0 Å². The fraction of sp³-hybridized carbons (Fsp3) is 0.643. The minimum absolute atomic E-state index is 0.278. The predicted octanol–water partition coefficient (Wildman–Crippen LogP) is 2.43. The molecule has 1 aromatic rings. The number of aryl methyl sites for hydroxylation is 1. The van der Waals surface area contributed by atoms with Crippen molar-refractivity contribution < 1.29 is 4.74 Å². The molecule has 0 saturated carbocycles. The molecule has 104 valence electrons. The fourth-order valence-electron chi connectivity index (χ4n) is 2.86. The number of halogens is 1. The van der Waals surface area contributed by atoms with E-state index in [1.165, 1.54) is 24.9 Å². The third-order valence-electron chi connectivity index (χ3n) is 4.02. The monoisotopic (exact) mass is 325 g/mol. The van der Waals surface area contributed by atoms with Crippen LogP contribution in [0.15, 0.2) is 16.7 Å². The van der Waals surface area contributed by atoms with E-state index < -0.39 is 0 Å². The Hall–Kier alpha value is -0.650. The molecule has 3 rings (SSSR count). The molecule has 2 unspecified atom stereocenters. The molecule has 2 aliphatic heterocycles. The highest BCUT2D eigenvalue weighted by Gasteiger charge is 2.31. The number of morpholine rings is 1. The van der Waals surface area contributed by atoms with Crippen LogP contribution in [0, 0.1) is 6.92 Å². The van der Waals surface area contributed by atoms with E-state index >= 15 is 0 Å². The van der Waals surface area contributed by atoms with Crippen LogP contribution >= 0.6 is 15.9 Å². The van der Waals surface area contributed by atoms with Crippen molar-refractivity contribution in [2.24, 2.45) is 0 Å². The summed E-state index contributed by atoms with van der Waals surface area (Å²) in [6, 6.07) is 2.73. The van der Waals surface area contributed by atoms with Crippen molar-refractivity contribution in [3.05, 3.63) is 22.3 Å². The third-order valence-corrected chi connectivity index (χ3v) is 4.85. The largest absolute Gasteiger partial charge is 0.373 e. The zero-order valence-corrected chi connectivity index (χ0v) is 12.8. The maximum absolute atomic E-state index is 5.93. The van der Waals surface area contributed by atoms with Gasteiger partial charge in [0, 0.05) is 29.8 Å². The average molecular weight is 326 g/mol. The molecule has 3 heterocycles. The summed E-state index contributed by atoms with van der Waals surface area (Å²) in [7, 11) is 0. The smallest absolute Gasteiger partial charge is 0.126 e. The summed E-state index contributed by atoms with van der Waals surface area (Å²) in [6.45, 7) is 6.08. The average Bonchev–Trinajstić information content (AvgIpc) is 2.87. The summed E-state index contributed by atoms with van der Waals surface area (Å²) < 4.78 is 6.97. The quantitative estimate of drug-likeness (QED) is 0.926. The Morgan fingerprint density at radius 2 is 2.47 bits per heavy atom. The van der Waals surface area contributed by atoms with Gasteiger partial charge in [0.15, 0.2) is 0 Å². The Kier molecular flexibility index (Phi) is 4.05. The Bertz CT molecular complexity index is 454. The molecule has 0 aliphatic carbocycles. The molecule has 19 heavy (non-hydrogen) atoms. The van der Waals surface area contributed by atoms with Crippen LogP contribution in [0.4, 0.5) is 5.82 Å². The number of rotatable bonds is 3. The van der Waals surface area contributed by atoms with Crippen molar-refractivity contribution in [3.8, 4) is 0 Å². The zero-order chi connectivity index (χ0) is 13.2. The van der Waals surface area contributed by atoms with Crippen molar-refractivity contribution >= 4 is 21.7 Å². The van der Waals surface area contributed by atoms with E-state index in [0.29, 0.717) is 6.04 Å². The van der Waals surface area contributed by atoms with Crippen molar-refractivity contribution in [2.45, 2.75) is 31.9 Å². The number of nitrogens with zero attached hydrogens (tertiary/aromatic N) is 2. The van der Waals surface area contributed by atoms with Crippen LogP contribution in [0.3, 0.4) is 0 Å². The second-order valence-electron chi connectivity index (χ2n) is 5.45. The molecule has 0 spiro atoms. The van der Waals surface area contributed by atoms with Gasteiger partial charge in [0.25, 0.3) is 0 Å². The lowest BCUT2D eigenvalue weighted by atomic mass is 10.2. The number of hydrogen-bond acceptors (Lipinski definition) is 4. The Balaban J connectivity index is 1.53. The lowest BCUT2D eigenvalue weighted by molar-refractivity contribution is -0.0416. The minimum Gasteiger partial charge on any atom is -0.373 e. The second kappa shape index (κ2) is 5.77. The third kappa shape index (κ3) is 3.09. The van der Waals surface area contributed by atoms with Gasteiger partial charge in [0.2, 0.25) is 0 Å². The van der Waals surface area contributed by atoms with Gasteiger partial charge in [0.1, 0.15) is 5.82 Å². The van der Waals surface area contributed by atoms with E-state index in [0.717, 1.165) is 30.0 Å². The first kappa shape index (κ1) is 13.3. The molecule has 5 heteroatoms. The highest BCUT2D eigenvalue weighted by Crippen LogP contribution is 2.23. The van der Waals surface area contributed by atoms with Crippen LogP contribution in [0.2, 0.25) is 0 Å². The maximum Gasteiger partial charge on any atom is 0.126 e. The van der Waals surface area contributed by atoms with Gasteiger partial charge >= 0.3 is 0 Å². The van der Waals surface area contributed by atoms with Crippen molar-refractivity contribution in [2.75, 3.05) is 31.6 Å². The van der Waals surface area contributed by atoms with Crippen LogP contribution in [0.1, 0.15) is 18.4 Å². The van der Waals surface area contributed by atoms with Gasteiger partial charge in [-0.25, -0.2) is 4.98 Å². The molecule has 4 nitrogen and oxygen atoms in total. The Labute approximate surface area is 122 Å². The topological polar surface area (TPSA) is 37.4 Å². The van der Waals surface area contributed by atoms with E-state index in [1.807, 2.05) is 6.20 Å².